The second kappa shape index (κ2) is 2.47. The molecule has 1 aromatic heterocycles. The van der Waals surface area contributed by atoms with Gasteiger partial charge in [-0.1, -0.05) is 0 Å². The van der Waals surface area contributed by atoms with E-state index in [0.717, 1.165) is 0 Å². The Labute approximate surface area is 58.1 Å². The van der Waals surface area contributed by atoms with Gasteiger partial charge >= 0.3 is 0 Å². The Morgan fingerprint density at radius 2 is 2.40 bits per heavy atom. The van der Waals surface area contributed by atoms with E-state index in [4.69, 9.17) is 0 Å². The van der Waals surface area contributed by atoms with Crippen LogP contribution in [0.15, 0.2) is 12.3 Å². The molecule has 3 heteroatoms. The normalized spacial score (nSPS) is 9.30. The minimum atomic E-state index is -0.0376. The summed E-state index contributed by atoms with van der Waals surface area (Å²) in [5.41, 5.74) is 0.979. The maximum Gasteiger partial charge on any atom is 0.166 e. The van der Waals surface area contributed by atoms with Crippen LogP contribution in [0.25, 0.3) is 0 Å². The fourth-order valence-electron chi connectivity index (χ4n) is 0.683. The fourth-order valence-corrected chi connectivity index (χ4v) is 0.683. The number of aromatic nitrogens is 1. The molecule has 0 atom stereocenters. The smallest absolute Gasteiger partial charge is 0.166 e. The number of aromatic amines is 1. The van der Waals surface area contributed by atoms with Crippen LogP contribution in [-0.4, -0.2) is 17.1 Å². The zero-order valence-corrected chi connectivity index (χ0v) is 5.55. The highest BCUT2D eigenvalue weighted by atomic mass is 16.1. The first-order chi connectivity index (χ1) is 4.74. The van der Waals surface area contributed by atoms with E-state index in [1.165, 1.54) is 19.2 Å². The average Bonchev–Trinajstić information content (AvgIpc) is 2.34. The number of rotatable bonds is 2. The molecule has 0 aromatic carbocycles. The van der Waals surface area contributed by atoms with E-state index in [0.29, 0.717) is 17.5 Å². The van der Waals surface area contributed by atoms with Crippen molar-refractivity contribution in [2.24, 2.45) is 0 Å². The molecule has 0 amide bonds. The van der Waals surface area contributed by atoms with Crippen LogP contribution in [0.2, 0.25) is 0 Å². The highest BCUT2D eigenvalue weighted by Gasteiger charge is 2.00. The van der Waals surface area contributed by atoms with Crippen LogP contribution in [0, 0.1) is 0 Å². The molecule has 1 rings (SSSR count). The fraction of sp³-hybridized carbons (Fsp3) is 0.143. The monoisotopic (exact) mass is 137 g/mol. The molecule has 1 aromatic rings. The van der Waals surface area contributed by atoms with Gasteiger partial charge in [0.2, 0.25) is 0 Å². The highest BCUT2D eigenvalue weighted by molar-refractivity contribution is 5.95. The summed E-state index contributed by atoms with van der Waals surface area (Å²) in [6.07, 6.45) is 2.19. The van der Waals surface area contributed by atoms with Crippen molar-refractivity contribution in [2.45, 2.75) is 6.92 Å². The SMILES string of the molecule is CC(=O)c1c[nH]c(C=O)c1. The maximum absolute atomic E-state index is 10.6. The molecule has 10 heavy (non-hydrogen) atoms. The largest absolute Gasteiger partial charge is 0.358 e. The average molecular weight is 137 g/mol. The van der Waals surface area contributed by atoms with Gasteiger partial charge < -0.3 is 4.98 Å². The van der Waals surface area contributed by atoms with Gasteiger partial charge in [-0.25, -0.2) is 0 Å². The Kier molecular flexibility index (Phi) is 1.67. The van der Waals surface area contributed by atoms with Gasteiger partial charge in [0, 0.05) is 11.8 Å². The summed E-state index contributed by atoms with van der Waals surface area (Å²) in [6.45, 7) is 1.46. The Morgan fingerprint density at radius 1 is 1.70 bits per heavy atom. The van der Waals surface area contributed by atoms with Gasteiger partial charge in [-0.3, -0.25) is 9.59 Å². The van der Waals surface area contributed by atoms with Gasteiger partial charge in [-0.15, -0.1) is 0 Å². The van der Waals surface area contributed by atoms with E-state index in [9.17, 15) is 9.59 Å². The Balaban J connectivity index is 2.98. The van der Waals surface area contributed by atoms with Crippen LogP contribution in [0.3, 0.4) is 0 Å². The van der Waals surface area contributed by atoms with Crippen LogP contribution in [0.4, 0.5) is 0 Å². The van der Waals surface area contributed by atoms with Crippen LogP contribution in [0.5, 0.6) is 0 Å². The number of nitrogens with one attached hydrogen (secondary N) is 1. The summed E-state index contributed by atoms with van der Waals surface area (Å²) in [5.74, 6) is -0.0376. The molecule has 0 saturated heterocycles. The van der Waals surface area contributed by atoms with E-state index in [2.05, 4.69) is 4.98 Å². The lowest BCUT2D eigenvalue weighted by atomic mass is 10.2. The number of carbonyl (C=O) groups excluding carboxylic acids is 2. The minimum Gasteiger partial charge on any atom is -0.358 e. The first kappa shape index (κ1) is 6.74. The van der Waals surface area contributed by atoms with Crippen molar-refractivity contribution in [2.75, 3.05) is 0 Å². The molecule has 0 aliphatic carbocycles. The molecular weight excluding hydrogens is 130 g/mol. The van der Waals surface area contributed by atoms with Crippen LogP contribution < -0.4 is 0 Å². The number of Topliss-reactive ketones (excluding diaryl/α,β-unsaturated/α-hetero) is 1. The van der Waals surface area contributed by atoms with Crippen LogP contribution in [0.1, 0.15) is 27.8 Å². The van der Waals surface area contributed by atoms with Gasteiger partial charge in [-0.2, -0.15) is 0 Å². The summed E-state index contributed by atoms with van der Waals surface area (Å²) < 4.78 is 0. The molecule has 0 radical (unpaired) electrons. The van der Waals surface area contributed by atoms with Gasteiger partial charge in [-0.05, 0) is 13.0 Å². The molecule has 0 spiro atoms. The third-order valence-corrected chi connectivity index (χ3v) is 1.24. The third kappa shape index (κ3) is 1.13. The van der Waals surface area contributed by atoms with E-state index < -0.39 is 0 Å². The van der Waals surface area contributed by atoms with Gasteiger partial charge in [0.25, 0.3) is 0 Å². The predicted octanol–water partition coefficient (Wildman–Crippen LogP) is 1.03. The lowest BCUT2D eigenvalue weighted by Gasteiger charge is -1.80. The number of H-pyrrole nitrogens is 1. The quantitative estimate of drug-likeness (QED) is 0.489. The summed E-state index contributed by atoms with van der Waals surface area (Å²) in [4.78, 5) is 23.4. The first-order valence-corrected chi connectivity index (χ1v) is 2.88. The van der Waals surface area contributed by atoms with Crippen LogP contribution in [-0.2, 0) is 0 Å². The molecular formula is C7H7NO2. The van der Waals surface area contributed by atoms with Crippen molar-refractivity contribution in [3.63, 3.8) is 0 Å². The number of aldehydes is 1. The second-order valence-corrected chi connectivity index (χ2v) is 2.02. The lowest BCUT2D eigenvalue weighted by Crippen LogP contribution is -1.86. The highest BCUT2D eigenvalue weighted by Crippen LogP contribution is 2.00. The van der Waals surface area contributed by atoms with Gasteiger partial charge in [0.15, 0.2) is 12.1 Å². The zero-order chi connectivity index (χ0) is 7.56. The molecule has 0 aliphatic heterocycles. The first-order valence-electron chi connectivity index (χ1n) is 2.88. The molecule has 3 nitrogen and oxygen atoms in total. The molecule has 1 N–H and O–H groups in total. The Hall–Kier alpha value is -1.38. The van der Waals surface area contributed by atoms with Crippen LogP contribution >= 0.6 is 0 Å². The van der Waals surface area contributed by atoms with Gasteiger partial charge in [0.05, 0.1) is 5.69 Å². The second-order valence-electron chi connectivity index (χ2n) is 2.02. The Bertz CT molecular complexity index is 262. The Morgan fingerprint density at radius 3 is 2.70 bits per heavy atom. The molecule has 1 heterocycles. The summed E-state index contributed by atoms with van der Waals surface area (Å²) >= 11 is 0. The van der Waals surface area contributed by atoms with E-state index >= 15 is 0 Å². The van der Waals surface area contributed by atoms with E-state index in [1.807, 2.05) is 0 Å². The van der Waals surface area contributed by atoms with Crippen molar-refractivity contribution in [1.29, 1.82) is 0 Å². The van der Waals surface area contributed by atoms with Crippen molar-refractivity contribution < 1.29 is 9.59 Å². The van der Waals surface area contributed by atoms with E-state index in [1.54, 1.807) is 0 Å². The summed E-state index contributed by atoms with van der Waals surface area (Å²) in [5, 5.41) is 0. The summed E-state index contributed by atoms with van der Waals surface area (Å²) in [6, 6.07) is 1.52. The number of hydrogen-bond donors (Lipinski definition) is 1. The van der Waals surface area contributed by atoms with E-state index in [-0.39, 0.29) is 5.78 Å². The van der Waals surface area contributed by atoms with Crippen molar-refractivity contribution in [3.05, 3.63) is 23.5 Å². The molecule has 0 unspecified atom stereocenters. The lowest BCUT2D eigenvalue weighted by molar-refractivity contribution is 0.101. The van der Waals surface area contributed by atoms with Crippen molar-refractivity contribution in [1.82, 2.24) is 4.98 Å². The zero-order valence-electron chi connectivity index (χ0n) is 5.55. The molecule has 0 saturated carbocycles. The topological polar surface area (TPSA) is 49.9 Å². The van der Waals surface area contributed by atoms with Crippen molar-refractivity contribution in [3.8, 4) is 0 Å². The minimum absolute atomic E-state index is 0.0376. The summed E-state index contributed by atoms with van der Waals surface area (Å²) in [7, 11) is 0. The third-order valence-electron chi connectivity index (χ3n) is 1.24. The standard InChI is InChI=1S/C7H7NO2/c1-5(10)6-2-7(4-9)8-3-6/h2-4,8H,1H3. The number of ketones is 1. The number of carbonyl (C=O) groups is 2. The molecule has 0 bridgehead atoms. The van der Waals surface area contributed by atoms with Crippen molar-refractivity contribution >= 4 is 12.1 Å². The van der Waals surface area contributed by atoms with Gasteiger partial charge in [0.1, 0.15) is 0 Å². The molecule has 52 valence electrons. The predicted molar refractivity (Wildman–Crippen MR) is 36.2 cm³/mol. The maximum atomic E-state index is 10.6. The molecule has 0 fully saturated rings. The molecule has 0 aliphatic rings. The number of hydrogen-bond acceptors (Lipinski definition) is 2.